The molecule has 1 heterocycles. The first-order chi connectivity index (χ1) is 9.97. The molecule has 1 unspecified atom stereocenters. The van der Waals surface area contributed by atoms with E-state index < -0.39 is 0 Å². The molecule has 0 aliphatic rings. The summed E-state index contributed by atoms with van der Waals surface area (Å²) in [7, 11) is 0. The van der Waals surface area contributed by atoms with E-state index in [9.17, 15) is 0 Å². The molecule has 1 atom stereocenters. The van der Waals surface area contributed by atoms with Crippen LogP contribution >= 0.6 is 23.2 Å². The summed E-state index contributed by atoms with van der Waals surface area (Å²) in [5.74, 6) is 1.33. The Labute approximate surface area is 134 Å². The number of anilines is 3. The first-order valence-electron chi connectivity index (χ1n) is 6.82. The summed E-state index contributed by atoms with van der Waals surface area (Å²) in [6.07, 6.45) is 1.03. The summed E-state index contributed by atoms with van der Waals surface area (Å²) >= 11 is 11.9. The molecule has 112 valence electrons. The Hall–Kier alpha value is -1.52. The molecule has 1 aromatic heterocycles. The van der Waals surface area contributed by atoms with Crippen molar-refractivity contribution in [3.8, 4) is 0 Å². The van der Waals surface area contributed by atoms with Gasteiger partial charge in [0, 0.05) is 23.5 Å². The fourth-order valence-corrected chi connectivity index (χ4v) is 2.05. The number of rotatable bonds is 5. The highest BCUT2D eigenvalue weighted by atomic mass is 35.5. The van der Waals surface area contributed by atoms with E-state index in [-0.39, 0.29) is 0 Å². The van der Waals surface area contributed by atoms with E-state index in [1.54, 1.807) is 12.1 Å². The van der Waals surface area contributed by atoms with Crippen LogP contribution in [0, 0.1) is 6.92 Å². The van der Waals surface area contributed by atoms with E-state index in [1.165, 1.54) is 0 Å². The number of hydrogen-bond acceptors (Lipinski definition) is 4. The maximum Gasteiger partial charge on any atom is 0.229 e. The summed E-state index contributed by atoms with van der Waals surface area (Å²) in [4.78, 5) is 8.84. The Balaban J connectivity index is 2.21. The predicted octanol–water partition coefficient (Wildman–Crippen LogP) is 5.05. The molecular weight excluding hydrogens is 307 g/mol. The van der Waals surface area contributed by atoms with Gasteiger partial charge < -0.3 is 10.6 Å². The molecule has 0 fully saturated rings. The highest BCUT2D eigenvalue weighted by Gasteiger charge is 2.06. The fourth-order valence-electron chi connectivity index (χ4n) is 1.76. The van der Waals surface area contributed by atoms with Crippen molar-refractivity contribution >= 4 is 40.7 Å². The summed E-state index contributed by atoms with van der Waals surface area (Å²) in [5.41, 5.74) is 1.68. The molecule has 0 radical (unpaired) electrons. The van der Waals surface area contributed by atoms with Crippen molar-refractivity contribution in [3.05, 3.63) is 40.0 Å². The van der Waals surface area contributed by atoms with Gasteiger partial charge in [-0.3, -0.25) is 0 Å². The molecule has 2 N–H and O–H groups in total. The van der Waals surface area contributed by atoms with Gasteiger partial charge in [-0.25, -0.2) is 4.98 Å². The van der Waals surface area contributed by atoms with Gasteiger partial charge in [-0.15, -0.1) is 0 Å². The van der Waals surface area contributed by atoms with Crippen molar-refractivity contribution in [2.45, 2.75) is 33.2 Å². The Morgan fingerprint density at radius 1 is 1.14 bits per heavy atom. The molecule has 0 saturated carbocycles. The number of hydrogen-bond donors (Lipinski definition) is 2. The van der Waals surface area contributed by atoms with Crippen LogP contribution in [0.15, 0.2) is 24.3 Å². The minimum absolute atomic E-state index is 0.358. The SMILES string of the molecule is CCC(C)Nc1cc(C)nc(Nc2ccc(Cl)c(Cl)c2)n1. The van der Waals surface area contributed by atoms with Gasteiger partial charge in [-0.05, 0) is 38.5 Å². The van der Waals surface area contributed by atoms with Crippen LogP contribution in [0.1, 0.15) is 26.0 Å². The van der Waals surface area contributed by atoms with Gasteiger partial charge in [0.25, 0.3) is 0 Å². The van der Waals surface area contributed by atoms with E-state index in [1.807, 2.05) is 19.1 Å². The molecule has 0 aliphatic heterocycles. The number of halogens is 2. The van der Waals surface area contributed by atoms with Crippen LogP contribution in [0.4, 0.5) is 17.5 Å². The van der Waals surface area contributed by atoms with Crippen LogP contribution in [0.5, 0.6) is 0 Å². The number of aromatic nitrogens is 2. The van der Waals surface area contributed by atoms with Crippen molar-refractivity contribution in [2.24, 2.45) is 0 Å². The number of nitrogens with one attached hydrogen (secondary N) is 2. The topological polar surface area (TPSA) is 49.8 Å². The lowest BCUT2D eigenvalue weighted by molar-refractivity contribution is 0.758. The van der Waals surface area contributed by atoms with Crippen molar-refractivity contribution in [2.75, 3.05) is 10.6 Å². The largest absolute Gasteiger partial charge is 0.367 e. The first kappa shape index (κ1) is 15.9. The molecule has 21 heavy (non-hydrogen) atoms. The molecule has 0 bridgehead atoms. The highest BCUT2D eigenvalue weighted by Crippen LogP contribution is 2.26. The molecule has 0 amide bonds. The zero-order valence-electron chi connectivity index (χ0n) is 12.2. The van der Waals surface area contributed by atoms with Gasteiger partial charge in [-0.2, -0.15) is 4.98 Å². The summed E-state index contributed by atoms with van der Waals surface area (Å²) in [6, 6.07) is 7.60. The van der Waals surface area contributed by atoms with Crippen LogP contribution < -0.4 is 10.6 Å². The molecule has 0 aliphatic carbocycles. The van der Waals surface area contributed by atoms with Gasteiger partial charge >= 0.3 is 0 Å². The first-order valence-corrected chi connectivity index (χ1v) is 7.58. The molecule has 0 spiro atoms. The molecule has 4 nitrogen and oxygen atoms in total. The van der Waals surface area contributed by atoms with Gasteiger partial charge in [0.15, 0.2) is 0 Å². The summed E-state index contributed by atoms with van der Waals surface area (Å²) < 4.78 is 0. The van der Waals surface area contributed by atoms with Gasteiger partial charge in [0.1, 0.15) is 5.82 Å². The average Bonchev–Trinajstić information content (AvgIpc) is 2.42. The van der Waals surface area contributed by atoms with Gasteiger partial charge in [0.2, 0.25) is 5.95 Å². The summed E-state index contributed by atoms with van der Waals surface area (Å²) in [6.45, 7) is 6.17. The van der Waals surface area contributed by atoms with Crippen LogP contribution in [0.3, 0.4) is 0 Å². The normalized spacial score (nSPS) is 12.0. The zero-order valence-corrected chi connectivity index (χ0v) is 13.8. The molecular formula is C15H18Cl2N4. The minimum Gasteiger partial charge on any atom is -0.367 e. The Morgan fingerprint density at radius 2 is 1.90 bits per heavy atom. The Morgan fingerprint density at radius 3 is 2.57 bits per heavy atom. The molecule has 0 saturated heterocycles. The van der Waals surface area contributed by atoms with Crippen molar-refractivity contribution in [1.82, 2.24) is 9.97 Å². The van der Waals surface area contributed by atoms with Crippen LogP contribution in [0.25, 0.3) is 0 Å². The van der Waals surface area contributed by atoms with Crippen LogP contribution in [-0.4, -0.2) is 16.0 Å². The monoisotopic (exact) mass is 324 g/mol. The third-order valence-corrected chi connectivity index (χ3v) is 3.78. The standard InChI is InChI=1S/C15H18Cl2N4/c1-4-9(2)18-14-7-10(3)19-15(21-14)20-11-5-6-12(16)13(17)8-11/h5-9H,4H2,1-3H3,(H2,18,19,20,21). The quantitative estimate of drug-likeness (QED) is 0.808. The lowest BCUT2D eigenvalue weighted by Gasteiger charge is -2.14. The molecule has 6 heteroatoms. The maximum atomic E-state index is 6.01. The average molecular weight is 325 g/mol. The lowest BCUT2D eigenvalue weighted by atomic mass is 10.2. The van der Waals surface area contributed by atoms with E-state index in [2.05, 4.69) is 34.4 Å². The van der Waals surface area contributed by atoms with E-state index >= 15 is 0 Å². The number of benzene rings is 1. The summed E-state index contributed by atoms with van der Waals surface area (Å²) in [5, 5.41) is 7.49. The van der Waals surface area contributed by atoms with Crippen molar-refractivity contribution in [3.63, 3.8) is 0 Å². The number of aryl methyl sites for hydroxylation is 1. The maximum absolute atomic E-state index is 6.01. The van der Waals surface area contributed by atoms with E-state index in [4.69, 9.17) is 23.2 Å². The van der Waals surface area contributed by atoms with E-state index in [0.29, 0.717) is 22.0 Å². The molecule has 1 aromatic carbocycles. The molecule has 2 rings (SSSR count). The second-order valence-corrected chi connectivity index (χ2v) is 5.74. The zero-order chi connectivity index (χ0) is 15.4. The van der Waals surface area contributed by atoms with Gasteiger partial charge in [0.05, 0.1) is 10.0 Å². The van der Waals surface area contributed by atoms with Crippen molar-refractivity contribution in [1.29, 1.82) is 0 Å². The van der Waals surface area contributed by atoms with E-state index in [0.717, 1.165) is 23.6 Å². The van der Waals surface area contributed by atoms with Crippen LogP contribution in [0.2, 0.25) is 10.0 Å². The van der Waals surface area contributed by atoms with Crippen LogP contribution in [-0.2, 0) is 0 Å². The molecule has 2 aromatic rings. The third-order valence-electron chi connectivity index (χ3n) is 3.04. The second kappa shape index (κ2) is 6.96. The Bertz CT molecular complexity index is 631. The Kier molecular flexibility index (Phi) is 5.26. The van der Waals surface area contributed by atoms with Crippen molar-refractivity contribution < 1.29 is 0 Å². The number of nitrogens with zero attached hydrogens (tertiary/aromatic N) is 2. The highest BCUT2D eigenvalue weighted by molar-refractivity contribution is 6.42. The second-order valence-electron chi connectivity index (χ2n) is 4.93. The third kappa shape index (κ3) is 4.48. The minimum atomic E-state index is 0.358. The van der Waals surface area contributed by atoms with Gasteiger partial charge in [-0.1, -0.05) is 30.1 Å². The smallest absolute Gasteiger partial charge is 0.229 e. The lowest BCUT2D eigenvalue weighted by Crippen LogP contribution is -2.15. The predicted molar refractivity (Wildman–Crippen MR) is 89.9 cm³/mol. The fraction of sp³-hybridized carbons (Fsp3) is 0.333.